The Morgan fingerprint density at radius 1 is 0.600 bits per heavy atom. The Labute approximate surface area is 145 Å². The van der Waals surface area contributed by atoms with E-state index in [-0.39, 0.29) is 0 Å². The van der Waals surface area contributed by atoms with Crippen LogP contribution >= 0.6 is 0 Å². The molecule has 0 fully saturated rings. The molecule has 0 aliphatic rings. The van der Waals surface area contributed by atoms with Crippen molar-refractivity contribution in [1.82, 2.24) is 9.97 Å². The lowest BCUT2D eigenvalue weighted by Crippen LogP contribution is -1.83. The summed E-state index contributed by atoms with van der Waals surface area (Å²) in [7, 11) is 0. The number of benzene rings is 3. The highest BCUT2D eigenvalue weighted by Crippen LogP contribution is 2.34. The molecule has 5 rings (SSSR count). The third-order valence-electron chi connectivity index (χ3n) is 4.69. The Kier molecular flexibility index (Phi) is 3.14. The number of hydrogen-bond donors (Lipinski definition) is 1. The molecule has 2 heterocycles. The lowest BCUT2D eigenvalue weighted by molar-refractivity contribution is 1.35. The molecule has 2 aromatic heterocycles. The van der Waals surface area contributed by atoms with Crippen molar-refractivity contribution in [2.75, 3.05) is 0 Å². The highest BCUT2D eigenvalue weighted by atomic mass is 14.8. The molecule has 0 saturated heterocycles. The van der Waals surface area contributed by atoms with Crippen LogP contribution in [0.4, 0.5) is 0 Å². The van der Waals surface area contributed by atoms with Gasteiger partial charge in [0.05, 0.1) is 5.52 Å². The first-order valence-electron chi connectivity index (χ1n) is 8.41. The van der Waals surface area contributed by atoms with Crippen LogP contribution in [0.3, 0.4) is 0 Å². The number of aromatic nitrogens is 2. The summed E-state index contributed by atoms with van der Waals surface area (Å²) >= 11 is 0. The summed E-state index contributed by atoms with van der Waals surface area (Å²) in [5.74, 6) is 0. The van der Waals surface area contributed by atoms with Gasteiger partial charge in [0, 0.05) is 22.5 Å². The van der Waals surface area contributed by atoms with Gasteiger partial charge in [-0.3, -0.25) is 0 Å². The molecule has 1 N–H and O–H groups in total. The fraction of sp³-hybridized carbons (Fsp3) is 0. The minimum atomic E-state index is 0.934. The standard InChI is InChI=1S/C23H16N2/c1-2-7-16(8-3-1)17-9-4-10-18(15-17)19-11-5-12-20-21-13-6-14-24-23(21)25-22(19)20/h1-15H,(H,24,25). The lowest BCUT2D eigenvalue weighted by Gasteiger charge is -2.07. The van der Waals surface area contributed by atoms with Crippen LogP contribution in [-0.4, -0.2) is 9.97 Å². The van der Waals surface area contributed by atoms with Crippen LogP contribution in [0.5, 0.6) is 0 Å². The maximum atomic E-state index is 4.46. The van der Waals surface area contributed by atoms with Gasteiger partial charge in [0.25, 0.3) is 0 Å². The van der Waals surface area contributed by atoms with Crippen molar-refractivity contribution in [2.24, 2.45) is 0 Å². The van der Waals surface area contributed by atoms with Gasteiger partial charge in [0.15, 0.2) is 0 Å². The molecule has 0 amide bonds. The zero-order valence-electron chi connectivity index (χ0n) is 13.6. The Bertz CT molecular complexity index is 1190. The molecule has 2 nitrogen and oxygen atoms in total. The molecule has 0 aliphatic carbocycles. The molecule has 5 aromatic rings. The van der Waals surface area contributed by atoms with Crippen LogP contribution in [0, 0.1) is 0 Å². The molecule has 0 unspecified atom stereocenters. The van der Waals surface area contributed by atoms with Gasteiger partial charge >= 0.3 is 0 Å². The van der Waals surface area contributed by atoms with Crippen molar-refractivity contribution in [3.05, 3.63) is 91.1 Å². The number of hydrogen-bond acceptors (Lipinski definition) is 1. The first-order valence-corrected chi connectivity index (χ1v) is 8.41. The van der Waals surface area contributed by atoms with Crippen LogP contribution in [-0.2, 0) is 0 Å². The Morgan fingerprint density at radius 3 is 2.28 bits per heavy atom. The number of pyridine rings is 1. The minimum absolute atomic E-state index is 0.934. The Balaban J connectivity index is 1.74. The van der Waals surface area contributed by atoms with E-state index in [1.54, 1.807) is 0 Å². The molecule has 0 aliphatic heterocycles. The summed E-state index contributed by atoms with van der Waals surface area (Å²) < 4.78 is 0. The number of H-pyrrole nitrogens is 1. The second-order valence-corrected chi connectivity index (χ2v) is 6.20. The molecule has 0 saturated carbocycles. The Hall–Kier alpha value is -3.39. The molecule has 0 radical (unpaired) electrons. The fourth-order valence-corrected chi connectivity index (χ4v) is 3.49. The summed E-state index contributed by atoms with van der Waals surface area (Å²) in [5, 5.41) is 2.38. The van der Waals surface area contributed by atoms with Crippen LogP contribution in [0.15, 0.2) is 91.1 Å². The number of aromatic amines is 1. The van der Waals surface area contributed by atoms with Gasteiger partial charge in [-0.25, -0.2) is 4.98 Å². The fourth-order valence-electron chi connectivity index (χ4n) is 3.49. The number of nitrogens with zero attached hydrogens (tertiary/aromatic N) is 1. The summed E-state index contributed by atoms with van der Waals surface area (Å²) in [5.41, 5.74) is 6.94. The van der Waals surface area contributed by atoms with Crippen molar-refractivity contribution in [3.8, 4) is 22.3 Å². The number of para-hydroxylation sites is 1. The van der Waals surface area contributed by atoms with E-state index >= 15 is 0 Å². The number of nitrogens with one attached hydrogen (secondary N) is 1. The van der Waals surface area contributed by atoms with E-state index in [1.807, 2.05) is 18.3 Å². The largest absolute Gasteiger partial charge is 0.339 e. The SMILES string of the molecule is c1ccc(-c2cccc(-c3cccc4c3[nH]c3ncccc34)c2)cc1. The van der Waals surface area contributed by atoms with Gasteiger partial charge in [0.2, 0.25) is 0 Å². The molecular formula is C23H16N2. The zero-order chi connectivity index (χ0) is 16.6. The summed E-state index contributed by atoms with van der Waals surface area (Å²) in [4.78, 5) is 7.96. The molecule has 25 heavy (non-hydrogen) atoms. The molecule has 118 valence electrons. The minimum Gasteiger partial charge on any atom is -0.339 e. The van der Waals surface area contributed by atoms with Crippen molar-refractivity contribution in [1.29, 1.82) is 0 Å². The predicted molar refractivity (Wildman–Crippen MR) is 104 cm³/mol. The second kappa shape index (κ2) is 5.60. The van der Waals surface area contributed by atoms with Gasteiger partial charge in [-0.15, -0.1) is 0 Å². The van der Waals surface area contributed by atoms with Crippen molar-refractivity contribution in [3.63, 3.8) is 0 Å². The topological polar surface area (TPSA) is 28.7 Å². The highest BCUT2D eigenvalue weighted by molar-refractivity contribution is 6.10. The molecule has 0 spiro atoms. The van der Waals surface area contributed by atoms with Gasteiger partial charge in [-0.2, -0.15) is 0 Å². The second-order valence-electron chi connectivity index (χ2n) is 6.20. The number of rotatable bonds is 2. The van der Waals surface area contributed by atoms with E-state index in [0.29, 0.717) is 0 Å². The van der Waals surface area contributed by atoms with Crippen LogP contribution in [0.25, 0.3) is 44.2 Å². The molecular weight excluding hydrogens is 304 g/mol. The van der Waals surface area contributed by atoms with E-state index in [2.05, 4.69) is 82.8 Å². The average Bonchev–Trinajstić information content (AvgIpc) is 3.07. The first kappa shape index (κ1) is 14.0. The predicted octanol–water partition coefficient (Wildman–Crippen LogP) is 6.05. The smallest absolute Gasteiger partial charge is 0.138 e. The Morgan fingerprint density at radius 2 is 1.36 bits per heavy atom. The summed E-state index contributed by atoms with van der Waals surface area (Å²) in [6.07, 6.45) is 1.83. The third-order valence-corrected chi connectivity index (χ3v) is 4.69. The number of fused-ring (bicyclic) bond motifs is 3. The van der Waals surface area contributed by atoms with Crippen molar-refractivity contribution >= 4 is 21.9 Å². The summed E-state index contributed by atoms with van der Waals surface area (Å²) in [6.45, 7) is 0. The van der Waals surface area contributed by atoms with E-state index in [9.17, 15) is 0 Å². The van der Waals surface area contributed by atoms with Gasteiger partial charge < -0.3 is 4.98 Å². The van der Waals surface area contributed by atoms with E-state index in [1.165, 1.54) is 33.0 Å². The molecule has 0 atom stereocenters. The van der Waals surface area contributed by atoms with Gasteiger partial charge in [-0.1, -0.05) is 66.7 Å². The van der Waals surface area contributed by atoms with Crippen molar-refractivity contribution < 1.29 is 0 Å². The lowest BCUT2D eigenvalue weighted by atomic mass is 9.97. The average molecular weight is 320 g/mol. The quantitative estimate of drug-likeness (QED) is 0.421. The normalized spacial score (nSPS) is 11.2. The van der Waals surface area contributed by atoms with Gasteiger partial charge in [-0.05, 0) is 34.9 Å². The molecule has 2 heteroatoms. The first-order chi connectivity index (χ1) is 12.4. The van der Waals surface area contributed by atoms with Crippen molar-refractivity contribution in [2.45, 2.75) is 0 Å². The van der Waals surface area contributed by atoms with Crippen LogP contribution < -0.4 is 0 Å². The van der Waals surface area contributed by atoms with E-state index < -0.39 is 0 Å². The van der Waals surface area contributed by atoms with Gasteiger partial charge in [0.1, 0.15) is 5.65 Å². The highest BCUT2D eigenvalue weighted by Gasteiger charge is 2.10. The maximum Gasteiger partial charge on any atom is 0.138 e. The van der Waals surface area contributed by atoms with Crippen LogP contribution in [0.1, 0.15) is 0 Å². The third kappa shape index (κ3) is 2.31. The molecule has 0 bridgehead atoms. The zero-order valence-corrected chi connectivity index (χ0v) is 13.6. The van der Waals surface area contributed by atoms with E-state index in [0.717, 1.165) is 11.2 Å². The van der Waals surface area contributed by atoms with E-state index in [4.69, 9.17) is 0 Å². The molecule has 3 aromatic carbocycles. The monoisotopic (exact) mass is 320 g/mol. The summed E-state index contributed by atoms with van der Waals surface area (Å²) in [6, 6.07) is 29.7. The maximum absolute atomic E-state index is 4.46. The van der Waals surface area contributed by atoms with Crippen LogP contribution in [0.2, 0.25) is 0 Å².